The van der Waals surface area contributed by atoms with Gasteiger partial charge in [0.2, 0.25) is 5.91 Å². The van der Waals surface area contributed by atoms with Gasteiger partial charge in [-0.1, -0.05) is 0 Å². The third-order valence-electron chi connectivity index (χ3n) is 2.03. The number of imide groups is 1. The van der Waals surface area contributed by atoms with Crippen LogP contribution in [0.2, 0.25) is 0 Å². The molecule has 1 aromatic rings. The number of aryl methyl sites for hydroxylation is 1. The summed E-state index contributed by atoms with van der Waals surface area (Å²) in [5.74, 6) is -0.512. The average molecular weight is 259 g/mol. The first-order valence-electron chi connectivity index (χ1n) is 5.20. The van der Waals surface area contributed by atoms with Crippen LogP contribution >= 0.6 is 11.6 Å². The molecule has 0 saturated carbocycles. The zero-order valence-corrected chi connectivity index (χ0v) is 10.5. The van der Waals surface area contributed by atoms with Gasteiger partial charge in [-0.3, -0.25) is 14.8 Å². The van der Waals surface area contributed by atoms with E-state index >= 15 is 0 Å². The lowest BCUT2D eigenvalue weighted by Crippen LogP contribution is -2.42. The average Bonchev–Trinajstić information content (AvgIpc) is 2.64. The molecule has 0 spiro atoms. The first-order chi connectivity index (χ1) is 7.99. The molecule has 7 heteroatoms. The standard InChI is InChI=1S/C10H15ClN4O2/c1-7(11)9(16)13-10(17)12-5-3-8-4-6-15(2)14-8/h4,6-7H,3,5H2,1-2H3,(H2,12,13,16,17). The Kier molecular flexibility index (Phi) is 4.96. The Balaban J connectivity index is 2.23. The van der Waals surface area contributed by atoms with Crippen LogP contribution in [0.5, 0.6) is 0 Å². The van der Waals surface area contributed by atoms with Crippen LogP contribution in [0.25, 0.3) is 0 Å². The van der Waals surface area contributed by atoms with Crippen molar-refractivity contribution >= 4 is 23.5 Å². The monoisotopic (exact) mass is 258 g/mol. The van der Waals surface area contributed by atoms with Gasteiger partial charge < -0.3 is 5.32 Å². The molecule has 6 nitrogen and oxygen atoms in total. The predicted octanol–water partition coefficient (Wildman–Crippen LogP) is 0.416. The molecule has 1 unspecified atom stereocenters. The van der Waals surface area contributed by atoms with Crippen molar-refractivity contribution in [3.63, 3.8) is 0 Å². The zero-order chi connectivity index (χ0) is 12.8. The summed E-state index contributed by atoms with van der Waals surface area (Å²) in [5.41, 5.74) is 0.879. The van der Waals surface area contributed by atoms with Gasteiger partial charge in [-0.05, 0) is 13.0 Å². The van der Waals surface area contributed by atoms with Gasteiger partial charge >= 0.3 is 6.03 Å². The minimum absolute atomic E-state index is 0.410. The van der Waals surface area contributed by atoms with E-state index in [1.165, 1.54) is 6.92 Å². The molecule has 3 amide bonds. The van der Waals surface area contributed by atoms with Gasteiger partial charge in [0.1, 0.15) is 5.38 Å². The van der Waals surface area contributed by atoms with Crippen LogP contribution in [-0.4, -0.2) is 33.6 Å². The van der Waals surface area contributed by atoms with Crippen molar-refractivity contribution < 1.29 is 9.59 Å². The van der Waals surface area contributed by atoms with E-state index in [4.69, 9.17) is 11.6 Å². The van der Waals surface area contributed by atoms with Crippen LogP contribution in [-0.2, 0) is 18.3 Å². The number of carbonyl (C=O) groups is 2. The fourth-order valence-electron chi connectivity index (χ4n) is 1.16. The SMILES string of the molecule is CC(Cl)C(=O)NC(=O)NCCc1ccn(C)n1. The Morgan fingerprint density at radius 2 is 2.29 bits per heavy atom. The van der Waals surface area contributed by atoms with E-state index in [2.05, 4.69) is 15.7 Å². The number of nitrogens with one attached hydrogen (secondary N) is 2. The molecule has 94 valence electrons. The van der Waals surface area contributed by atoms with Crippen molar-refractivity contribution in [1.29, 1.82) is 0 Å². The molecular formula is C10H15ClN4O2. The van der Waals surface area contributed by atoms with E-state index in [1.54, 1.807) is 4.68 Å². The van der Waals surface area contributed by atoms with Gasteiger partial charge in [-0.2, -0.15) is 5.10 Å². The summed E-state index contributed by atoms with van der Waals surface area (Å²) in [6, 6.07) is 1.32. The van der Waals surface area contributed by atoms with Crippen molar-refractivity contribution in [3.8, 4) is 0 Å². The zero-order valence-electron chi connectivity index (χ0n) is 9.74. The number of amides is 3. The minimum Gasteiger partial charge on any atom is -0.337 e. The minimum atomic E-state index is -0.725. The van der Waals surface area contributed by atoms with E-state index in [-0.39, 0.29) is 0 Å². The summed E-state index contributed by atoms with van der Waals surface area (Å²) in [6.07, 6.45) is 2.44. The molecular weight excluding hydrogens is 244 g/mol. The smallest absolute Gasteiger partial charge is 0.321 e. The number of urea groups is 1. The quantitative estimate of drug-likeness (QED) is 0.769. The first kappa shape index (κ1) is 13.5. The van der Waals surface area contributed by atoms with Crippen LogP contribution < -0.4 is 10.6 Å². The molecule has 1 rings (SSSR count). The largest absolute Gasteiger partial charge is 0.337 e. The topological polar surface area (TPSA) is 76.0 Å². The number of halogens is 1. The molecule has 0 aliphatic carbocycles. The van der Waals surface area contributed by atoms with Crippen molar-refractivity contribution in [2.75, 3.05) is 6.54 Å². The maximum atomic E-state index is 11.2. The molecule has 0 aliphatic heterocycles. The van der Waals surface area contributed by atoms with Crippen LogP contribution in [0.3, 0.4) is 0 Å². The van der Waals surface area contributed by atoms with Gasteiger partial charge in [-0.15, -0.1) is 11.6 Å². The Bertz CT molecular complexity index is 403. The number of aromatic nitrogens is 2. The first-order valence-corrected chi connectivity index (χ1v) is 5.64. The van der Waals surface area contributed by atoms with Gasteiger partial charge in [0.15, 0.2) is 0 Å². The molecule has 0 aliphatic rings. The maximum Gasteiger partial charge on any atom is 0.321 e. The highest BCUT2D eigenvalue weighted by Gasteiger charge is 2.12. The van der Waals surface area contributed by atoms with Crippen LogP contribution in [0, 0.1) is 0 Å². The fraction of sp³-hybridized carbons (Fsp3) is 0.500. The lowest BCUT2D eigenvalue weighted by molar-refractivity contribution is -0.119. The predicted molar refractivity (Wildman–Crippen MR) is 63.8 cm³/mol. The molecule has 1 heterocycles. The second-order valence-electron chi connectivity index (χ2n) is 3.59. The number of nitrogens with zero attached hydrogens (tertiary/aromatic N) is 2. The van der Waals surface area contributed by atoms with Crippen molar-refractivity contribution in [1.82, 2.24) is 20.4 Å². The lowest BCUT2D eigenvalue weighted by atomic mass is 10.3. The molecule has 2 N–H and O–H groups in total. The second kappa shape index (κ2) is 6.24. The van der Waals surface area contributed by atoms with E-state index in [0.29, 0.717) is 13.0 Å². The number of rotatable bonds is 4. The molecule has 0 fully saturated rings. The summed E-state index contributed by atoms with van der Waals surface area (Å²) in [4.78, 5) is 22.3. The van der Waals surface area contributed by atoms with Crippen LogP contribution in [0.15, 0.2) is 12.3 Å². The molecule has 0 saturated heterocycles. The number of hydrogen-bond donors (Lipinski definition) is 2. The van der Waals surface area contributed by atoms with Crippen LogP contribution in [0.4, 0.5) is 4.79 Å². The van der Waals surface area contributed by atoms with Gasteiger partial charge in [0, 0.05) is 26.2 Å². The highest BCUT2D eigenvalue weighted by Crippen LogP contribution is 1.94. The summed E-state index contributed by atoms with van der Waals surface area (Å²) in [7, 11) is 1.82. The highest BCUT2D eigenvalue weighted by atomic mass is 35.5. The Morgan fingerprint density at radius 3 is 2.82 bits per heavy atom. The van der Waals surface area contributed by atoms with Crippen molar-refractivity contribution in [2.24, 2.45) is 7.05 Å². The van der Waals surface area contributed by atoms with E-state index in [1.807, 2.05) is 19.3 Å². The summed E-state index contributed by atoms with van der Waals surface area (Å²) in [6.45, 7) is 1.91. The van der Waals surface area contributed by atoms with Gasteiger partial charge in [0.25, 0.3) is 0 Å². The third-order valence-corrected chi connectivity index (χ3v) is 2.23. The summed E-state index contributed by atoms with van der Waals surface area (Å²) >= 11 is 5.50. The molecule has 1 atom stereocenters. The summed E-state index contributed by atoms with van der Waals surface area (Å²) < 4.78 is 1.69. The molecule has 17 heavy (non-hydrogen) atoms. The summed E-state index contributed by atoms with van der Waals surface area (Å²) in [5, 5.41) is 8.10. The van der Waals surface area contributed by atoms with E-state index < -0.39 is 17.3 Å². The molecule has 0 radical (unpaired) electrons. The molecule has 0 aromatic carbocycles. The molecule has 1 aromatic heterocycles. The Morgan fingerprint density at radius 1 is 1.59 bits per heavy atom. The van der Waals surface area contributed by atoms with Crippen LogP contribution in [0.1, 0.15) is 12.6 Å². The van der Waals surface area contributed by atoms with Crippen molar-refractivity contribution in [3.05, 3.63) is 18.0 Å². The Hall–Kier alpha value is -1.56. The van der Waals surface area contributed by atoms with Gasteiger partial charge in [0.05, 0.1) is 5.69 Å². The lowest BCUT2D eigenvalue weighted by Gasteiger charge is -2.06. The number of alkyl halides is 1. The van der Waals surface area contributed by atoms with E-state index in [9.17, 15) is 9.59 Å². The molecule has 0 bridgehead atoms. The highest BCUT2D eigenvalue weighted by molar-refractivity contribution is 6.31. The normalized spacial score (nSPS) is 11.9. The van der Waals surface area contributed by atoms with E-state index in [0.717, 1.165) is 5.69 Å². The maximum absolute atomic E-state index is 11.2. The fourth-order valence-corrected chi connectivity index (χ4v) is 1.21. The number of carbonyl (C=O) groups excluding carboxylic acids is 2. The van der Waals surface area contributed by atoms with Crippen molar-refractivity contribution in [2.45, 2.75) is 18.7 Å². The number of hydrogen-bond acceptors (Lipinski definition) is 3. The third kappa shape index (κ3) is 4.86. The van der Waals surface area contributed by atoms with Gasteiger partial charge in [-0.25, -0.2) is 4.79 Å². The Labute approximate surface area is 104 Å². The second-order valence-corrected chi connectivity index (χ2v) is 4.25.